The van der Waals surface area contributed by atoms with Gasteiger partial charge in [-0.3, -0.25) is 9.48 Å². The quantitative estimate of drug-likeness (QED) is 0.716. The zero-order valence-electron chi connectivity index (χ0n) is 14.8. The second kappa shape index (κ2) is 6.47. The minimum atomic E-state index is -4.55. The van der Waals surface area contributed by atoms with Crippen LogP contribution in [0.15, 0.2) is 24.5 Å². The van der Waals surface area contributed by atoms with Gasteiger partial charge in [-0.1, -0.05) is 0 Å². The van der Waals surface area contributed by atoms with Crippen LogP contribution in [0.3, 0.4) is 0 Å². The molecule has 1 fully saturated rings. The first-order valence-corrected chi connectivity index (χ1v) is 8.59. The molecule has 4 rings (SSSR count). The minimum absolute atomic E-state index is 0.00787. The summed E-state index contributed by atoms with van der Waals surface area (Å²) in [5, 5.41) is 17.3. The number of nitrogens with zero attached hydrogens (tertiary/aromatic N) is 4. The number of carbonyl (C=O) groups excluding carboxylic acids is 1. The molecule has 146 valence electrons. The average Bonchev–Trinajstić information content (AvgIpc) is 3.18. The maximum absolute atomic E-state index is 12.9. The van der Waals surface area contributed by atoms with Gasteiger partial charge in [0.1, 0.15) is 11.3 Å². The molecule has 10 heteroatoms. The van der Waals surface area contributed by atoms with Gasteiger partial charge in [-0.15, -0.1) is 0 Å². The highest BCUT2D eigenvalue weighted by Gasteiger charge is 2.32. The molecule has 1 amide bonds. The number of amides is 1. The third-order valence-electron chi connectivity index (χ3n) is 4.68. The number of hydrogen-bond donors (Lipinski definition) is 2. The maximum Gasteiger partial charge on any atom is 0.416 e. The molecule has 7 nitrogen and oxygen atoms in total. The van der Waals surface area contributed by atoms with E-state index in [4.69, 9.17) is 0 Å². The summed E-state index contributed by atoms with van der Waals surface area (Å²) < 4.78 is 40.4. The zero-order chi connectivity index (χ0) is 20.1. The number of halogens is 3. The van der Waals surface area contributed by atoms with Crippen LogP contribution in [0, 0.1) is 12.8 Å². The largest absolute Gasteiger partial charge is 0.507 e. The molecule has 0 radical (unpaired) electrons. The lowest BCUT2D eigenvalue weighted by Crippen LogP contribution is -2.16. The van der Waals surface area contributed by atoms with E-state index in [0.717, 1.165) is 6.07 Å². The Balaban J connectivity index is 1.67. The molecule has 1 saturated heterocycles. The van der Waals surface area contributed by atoms with E-state index in [1.54, 1.807) is 10.9 Å². The van der Waals surface area contributed by atoms with E-state index in [2.05, 4.69) is 20.4 Å². The third kappa shape index (κ3) is 3.37. The molecule has 3 heterocycles. The van der Waals surface area contributed by atoms with Crippen molar-refractivity contribution in [1.29, 1.82) is 0 Å². The van der Waals surface area contributed by atoms with Gasteiger partial charge in [0, 0.05) is 31.0 Å². The molecule has 28 heavy (non-hydrogen) atoms. The number of aromatic nitrogens is 4. The molecule has 0 spiro atoms. The Morgan fingerprint density at radius 1 is 1.36 bits per heavy atom. The number of aryl methyl sites for hydroxylation is 1. The molecule has 1 aromatic carbocycles. The SMILES string of the molecule is Cc1cc(C(F)(F)F)cc(O)c1-c1cnc2cn(CC3CNC(=O)C3)nc2n1. The number of hydrogen-bond acceptors (Lipinski definition) is 5. The Bertz CT molecular complexity index is 1050. The summed E-state index contributed by atoms with van der Waals surface area (Å²) in [5.74, 6) is -0.382. The zero-order valence-corrected chi connectivity index (χ0v) is 14.8. The van der Waals surface area contributed by atoms with Crippen molar-refractivity contribution in [1.82, 2.24) is 25.1 Å². The van der Waals surface area contributed by atoms with Crippen LogP contribution >= 0.6 is 0 Å². The van der Waals surface area contributed by atoms with Gasteiger partial charge in [0.25, 0.3) is 0 Å². The van der Waals surface area contributed by atoms with Crippen LogP contribution in [0.5, 0.6) is 5.75 Å². The Morgan fingerprint density at radius 3 is 2.79 bits per heavy atom. The lowest BCUT2D eigenvalue weighted by atomic mass is 10.0. The van der Waals surface area contributed by atoms with Crippen molar-refractivity contribution in [3.63, 3.8) is 0 Å². The Kier molecular flexibility index (Phi) is 4.20. The molecule has 2 aromatic heterocycles. The second-order valence-electron chi connectivity index (χ2n) is 6.87. The number of phenolic OH excluding ortho intramolecular Hbond substituents is 1. The van der Waals surface area contributed by atoms with E-state index >= 15 is 0 Å². The first-order chi connectivity index (χ1) is 13.2. The Morgan fingerprint density at radius 2 is 2.14 bits per heavy atom. The summed E-state index contributed by atoms with van der Waals surface area (Å²) in [4.78, 5) is 19.9. The van der Waals surface area contributed by atoms with E-state index in [1.807, 2.05) is 0 Å². The van der Waals surface area contributed by atoms with Crippen LogP contribution < -0.4 is 5.32 Å². The van der Waals surface area contributed by atoms with Crippen molar-refractivity contribution < 1.29 is 23.1 Å². The summed E-state index contributed by atoms with van der Waals surface area (Å²) in [7, 11) is 0. The summed E-state index contributed by atoms with van der Waals surface area (Å²) in [6.07, 6.45) is -1.02. The third-order valence-corrected chi connectivity index (χ3v) is 4.68. The monoisotopic (exact) mass is 391 g/mol. The number of alkyl halides is 3. The number of nitrogens with one attached hydrogen (secondary N) is 1. The summed E-state index contributed by atoms with van der Waals surface area (Å²) in [6, 6.07) is 1.64. The van der Waals surface area contributed by atoms with Crippen LogP contribution in [0.2, 0.25) is 0 Å². The van der Waals surface area contributed by atoms with Gasteiger partial charge >= 0.3 is 6.18 Å². The predicted octanol–water partition coefficient (Wildman–Crippen LogP) is 2.66. The highest BCUT2D eigenvalue weighted by molar-refractivity contribution is 5.78. The highest BCUT2D eigenvalue weighted by atomic mass is 19.4. The maximum atomic E-state index is 12.9. The van der Waals surface area contributed by atoms with Crippen molar-refractivity contribution in [2.75, 3.05) is 6.54 Å². The van der Waals surface area contributed by atoms with Crippen molar-refractivity contribution in [3.05, 3.63) is 35.7 Å². The van der Waals surface area contributed by atoms with Crippen LogP contribution in [0.4, 0.5) is 13.2 Å². The standard InChI is InChI=1S/C18H16F3N5O2/c1-9-2-11(18(19,20)21)4-14(27)16(9)12-6-22-13-8-26(25-17(13)24-12)7-10-3-15(28)23-5-10/h2,4,6,8,10,27H,3,5,7H2,1H3,(H,23,28). The fourth-order valence-electron chi connectivity index (χ4n) is 3.38. The molecule has 1 unspecified atom stereocenters. The number of carbonyl (C=O) groups is 1. The van der Waals surface area contributed by atoms with E-state index in [0.29, 0.717) is 36.7 Å². The molecule has 1 aliphatic heterocycles. The average molecular weight is 391 g/mol. The van der Waals surface area contributed by atoms with Crippen molar-refractivity contribution in [3.8, 4) is 17.0 Å². The van der Waals surface area contributed by atoms with Crippen LogP contribution in [-0.4, -0.2) is 37.3 Å². The minimum Gasteiger partial charge on any atom is -0.507 e. The first kappa shape index (κ1) is 18.2. The Labute approximate surface area is 157 Å². The molecular formula is C18H16F3N5O2. The van der Waals surface area contributed by atoms with E-state index in [9.17, 15) is 23.1 Å². The molecule has 2 N–H and O–H groups in total. The van der Waals surface area contributed by atoms with E-state index < -0.39 is 17.5 Å². The number of aromatic hydroxyl groups is 1. The predicted molar refractivity (Wildman–Crippen MR) is 93.3 cm³/mol. The van der Waals surface area contributed by atoms with Crippen molar-refractivity contribution in [2.45, 2.75) is 26.1 Å². The Hall–Kier alpha value is -3.17. The molecule has 3 aromatic rings. The number of benzene rings is 1. The van der Waals surface area contributed by atoms with Gasteiger partial charge in [0.05, 0.1) is 23.7 Å². The summed E-state index contributed by atoms with van der Waals surface area (Å²) in [5.41, 5.74) is 0.556. The van der Waals surface area contributed by atoms with Gasteiger partial charge in [-0.2, -0.15) is 18.3 Å². The molecular weight excluding hydrogens is 375 g/mol. The lowest BCUT2D eigenvalue weighted by Gasteiger charge is -2.12. The van der Waals surface area contributed by atoms with Crippen molar-refractivity contribution >= 4 is 17.1 Å². The van der Waals surface area contributed by atoms with Gasteiger partial charge in [0.2, 0.25) is 5.91 Å². The fraction of sp³-hybridized carbons (Fsp3) is 0.333. The molecule has 1 aliphatic rings. The molecule has 0 bridgehead atoms. The van der Waals surface area contributed by atoms with Gasteiger partial charge in [-0.25, -0.2) is 9.97 Å². The van der Waals surface area contributed by atoms with Gasteiger partial charge < -0.3 is 10.4 Å². The summed E-state index contributed by atoms with van der Waals surface area (Å²) in [6.45, 7) is 2.58. The van der Waals surface area contributed by atoms with E-state index in [1.165, 1.54) is 13.1 Å². The smallest absolute Gasteiger partial charge is 0.416 e. The number of fused-ring (bicyclic) bond motifs is 1. The highest BCUT2D eigenvalue weighted by Crippen LogP contribution is 2.38. The summed E-state index contributed by atoms with van der Waals surface area (Å²) >= 11 is 0. The number of phenols is 1. The normalized spacial score (nSPS) is 17.3. The van der Waals surface area contributed by atoms with Gasteiger partial charge in [0.15, 0.2) is 5.65 Å². The molecule has 1 atom stereocenters. The molecule has 0 saturated carbocycles. The van der Waals surface area contributed by atoms with Crippen LogP contribution in [-0.2, 0) is 17.5 Å². The topological polar surface area (TPSA) is 92.9 Å². The fourth-order valence-corrected chi connectivity index (χ4v) is 3.38. The lowest BCUT2D eigenvalue weighted by molar-refractivity contribution is -0.137. The molecule has 0 aliphatic carbocycles. The second-order valence-corrected chi connectivity index (χ2v) is 6.87. The van der Waals surface area contributed by atoms with Crippen LogP contribution in [0.1, 0.15) is 17.5 Å². The van der Waals surface area contributed by atoms with Crippen molar-refractivity contribution in [2.24, 2.45) is 5.92 Å². The van der Waals surface area contributed by atoms with E-state index in [-0.39, 0.29) is 28.6 Å². The van der Waals surface area contributed by atoms with Crippen LogP contribution in [0.25, 0.3) is 22.4 Å². The number of rotatable bonds is 3. The van der Waals surface area contributed by atoms with Gasteiger partial charge in [-0.05, 0) is 24.6 Å². The first-order valence-electron chi connectivity index (χ1n) is 8.59.